The number of hydrazone groups is 1. The number of furan rings is 1. The van der Waals surface area contributed by atoms with Gasteiger partial charge in [-0.05, 0) is 43.3 Å². The van der Waals surface area contributed by atoms with E-state index in [0.29, 0.717) is 16.5 Å². The maximum atomic E-state index is 11.4. The molecule has 0 saturated carbocycles. The van der Waals surface area contributed by atoms with E-state index in [0.717, 1.165) is 5.56 Å². The molecule has 0 aliphatic rings. The number of rotatable bonds is 4. The normalized spacial score (nSPS) is 11.0. The number of hydrogen-bond acceptors (Lipinski definition) is 6. The number of aromatic amines is 1. The molecule has 2 aromatic heterocycles. The minimum atomic E-state index is -0.319. The molecule has 2 heterocycles. The van der Waals surface area contributed by atoms with E-state index in [4.69, 9.17) is 16.0 Å². The second-order valence-electron chi connectivity index (χ2n) is 4.67. The highest BCUT2D eigenvalue weighted by molar-refractivity contribution is 6.30. The topological polar surface area (TPSA) is 96.2 Å². The van der Waals surface area contributed by atoms with Gasteiger partial charge in [0.15, 0.2) is 0 Å². The molecule has 0 aliphatic carbocycles. The summed E-state index contributed by atoms with van der Waals surface area (Å²) in [6, 6.07) is 10.9. The van der Waals surface area contributed by atoms with Gasteiger partial charge in [0, 0.05) is 10.6 Å². The number of aryl methyl sites for hydroxylation is 1. The standard InChI is InChI=1S/C15H12ClN5O2/c1-9-14(22)18-15(21-19-9)20-17-8-12-6-7-13(23-12)10-2-4-11(16)5-3-10/h2-8H,1H3,(H2,18,20,21,22)/b17-8-. The molecule has 0 saturated heterocycles. The number of nitrogens with zero attached hydrogens (tertiary/aromatic N) is 3. The lowest BCUT2D eigenvalue weighted by atomic mass is 10.2. The molecular formula is C15H12ClN5O2. The number of anilines is 1. The molecule has 3 rings (SSSR count). The quantitative estimate of drug-likeness (QED) is 0.566. The number of nitrogens with one attached hydrogen (secondary N) is 2. The maximum absolute atomic E-state index is 11.4. The molecule has 2 N–H and O–H groups in total. The number of halogens is 1. The van der Waals surface area contributed by atoms with Gasteiger partial charge in [-0.1, -0.05) is 11.6 Å². The van der Waals surface area contributed by atoms with Gasteiger partial charge in [0.1, 0.15) is 17.2 Å². The summed E-state index contributed by atoms with van der Waals surface area (Å²) in [4.78, 5) is 13.9. The van der Waals surface area contributed by atoms with E-state index >= 15 is 0 Å². The highest BCUT2D eigenvalue weighted by Gasteiger charge is 2.03. The lowest BCUT2D eigenvalue weighted by Crippen LogP contribution is -2.15. The highest BCUT2D eigenvalue weighted by atomic mass is 35.5. The number of benzene rings is 1. The van der Waals surface area contributed by atoms with Crippen LogP contribution in [0.15, 0.2) is 50.7 Å². The van der Waals surface area contributed by atoms with Gasteiger partial charge >= 0.3 is 0 Å². The molecular weight excluding hydrogens is 318 g/mol. The van der Waals surface area contributed by atoms with Gasteiger partial charge in [-0.25, -0.2) is 5.43 Å². The second kappa shape index (κ2) is 6.45. The zero-order valence-electron chi connectivity index (χ0n) is 12.1. The van der Waals surface area contributed by atoms with Gasteiger partial charge in [-0.2, -0.15) is 5.10 Å². The van der Waals surface area contributed by atoms with Crippen LogP contribution in [-0.4, -0.2) is 21.4 Å². The Bertz CT molecular complexity index is 899. The molecule has 0 atom stereocenters. The van der Waals surface area contributed by atoms with Gasteiger partial charge in [-0.15, -0.1) is 10.2 Å². The van der Waals surface area contributed by atoms with Crippen molar-refractivity contribution in [3.8, 4) is 11.3 Å². The minimum absolute atomic E-state index is 0.154. The first-order chi connectivity index (χ1) is 11.1. The Morgan fingerprint density at radius 1 is 1.22 bits per heavy atom. The Labute approximate surface area is 136 Å². The molecule has 0 bridgehead atoms. The Morgan fingerprint density at radius 3 is 2.74 bits per heavy atom. The predicted octanol–water partition coefficient (Wildman–Crippen LogP) is 2.83. The molecule has 8 heteroatoms. The van der Waals surface area contributed by atoms with Crippen LogP contribution < -0.4 is 11.0 Å². The molecule has 0 fully saturated rings. The van der Waals surface area contributed by atoms with Crippen molar-refractivity contribution in [2.24, 2.45) is 5.10 Å². The van der Waals surface area contributed by atoms with Crippen LogP contribution in [0.3, 0.4) is 0 Å². The largest absolute Gasteiger partial charge is 0.455 e. The summed E-state index contributed by atoms with van der Waals surface area (Å²) in [5, 5.41) is 12.1. The van der Waals surface area contributed by atoms with Crippen molar-refractivity contribution in [1.82, 2.24) is 15.2 Å². The molecule has 116 valence electrons. The van der Waals surface area contributed by atoms with Crippen molar-refractivity contribution in [3.63, 3.8) is 0 Å². The fourth-order valence-corrected chi connectivity index (χ4v) is 1.92. The van der Waals surface area contributed by atoms with Crippen LogP contribution in [0.4, 0.5) is 5.95 Å². The third-order valence-electron chi connectivity index (χ3n) is 2.98. The SMILES string of the molecule is Cc1nnc(N/N=C\c2ccc(-c3ccc(Cl)cc3)o2)[nH]c1=O. The van der Waals surface area contributed by atoms with Gasteiger partial charge in [0.05, 0.1) is 6.21 Å². The van der Waals surface area contributed by atoms with Crippen LogP contribution in [0.5, 0.6) is 0 Å². The summed E-state index contributed by atoms with van der Waals surface area (Å²) in [6.07, 6.45) is 1.47. The third-order valence-corrected chi connectivity index (χ3v) is 3.23. The molecule has 1 aromatic carbocycles. The van der Waals surface area contributed by atoms with Gasteiger partial charge in [0.25, 0.3) is 5.56 Å². The van der Waals surface area contributed by atoms with E-state index < -0.39 is 0 Å². The summed E-state index contributed by atoms with van der Waals surface area (Å²) < 4.78 is 5.65. The summed E-state index contributed by atoms with van der Waals surface area (Å²) in [5.74, 6) is 1.40. The first-order valence-corrected chi connectivity index (χ1v) is 7.08. The molecule has 0 aliphatic heterocycles. The lowest BCUT2D eigenvalue weighted by Gasteiger charge is -1.97. The average molecular weight is 330 g/mol. The highest BCUT2D eigenvalue weighted by Crippen LogP contribution is 2.23. The predicted molar refractivity (Wildman–Crippen MR) is 87.8 cm³/mol. The summed E-state index contributed by atoms with van der Waals surface area (Å²) in [5.41, 5.74) is 3.46. The number of aromatic nitrogens is 3. The van der Waals surface area contributed by atoms with Gasteiger partial charge in [0.2, 0.25) is 5.95 Å². The van der Waals surface area contributed by atoms with E-state index in [2.05, 4.69) is 25.7 Å². The minimum Gasteiger partial charge on any atom is -0.455 e. The van der Waals surface area contributed by atoms with E-state index in [1.54, 1.807) is 25.1 Å². The Kier molecular flexibility index (Phi) is 4.20. The summed E-state index contributed by atoms with van der Waals surface area (Å²) >= 11 is 5.86. The first-order valence-electron chi connectivity index (χ1n) is 6.70. The molecule has 0 radical (unpaired) electrons. The van der Waals surface area contributed by atoms with E-state index in [1.165, 1.54) is 6.21 Å². The van der Waals surface area contributed by atoms with Crippen LogP contribution in [0.1, 0.15) is 11.5 Å². The van der Waals surface area contributed by atoms with Crippen molar-refractivity contribution in [2.75, 3.05) is 5.43 Å². The van der Waals surface area contributed by atoms with Crippen LogP contribution in [0.25, 0.3) is 11.3 Å². The Hall–Kier alpha value is -2.93. The average Bonchev–Trinajstić information content (AvgIpc) is 3.00. The Balaban J connectivity index is 1.69. The molecule has 0 spiro atoms. The zero-order valence-corrected chi connectivity index (χ0v) is 12.8. The monoisotopic (exact) mass is 329 g/mol. The fraction of sp³-hybridized carbons (Fsp3) is 0.0667. The fourth-order valence-electron chi connectivity index (χ4n) is 1.79. The van der Waals surface area contributed by atoms with Crippen LogP contribution in [0.2, 0.25) is 5.02 Å². The van der Waals surface area contributed by atoms with E-state index in [9.17, 15) is 4.79 Å². The summed E-state index contributed by atoms with van der Waals surface area (Å²) in [6.45, 7) is 1.57. The zero-order chi connectivity index (χ0) is 16.2. The first kappa shape index (κ1) is 15.0. The van der Waals surface area contributed by atoms with Gasteiger partial charge < -0.3 is 4.42 Å². The van der Waals surface area contributed by atoms with Crippen LogP contribution >= 0.6 is 11.6 Å². The Morgan fingerprint density at radius 2 is 2.00 bits per heavy atom. The number of H-pyrrole nitrogens is 1. The molecule has 23 heavy (non-hydrogen) atoms. The number of hydrogen-bond donors (Lipinski definition) is 2. The maximum Gasteiger partial charge on any atom is 0.274 e. The smallest absolute Gasteiger partial charge is 0.274 e. The van der Waals surface area contributed by atoms with Crippen molar-refractivity contribution >= 4 is 23.8 Å². The molecule has 0 unspecified atom stereocenters. The van der Waals surface area contributed by atoms with Crippen LogP contribution in [0, 0.1) is 6.92 Å². The van der Waals surface area contributed by atoms with Crippen molar-refractivity contribution in [1.29, 1.82) is 0 Å². The van der Waals surface area contributed by atoms with Crippen molar-refractivity contribution in [2.45, 2.75) is 6.92 Å². The summed E-state index contributed by atoms with van der Waals surface area (Å²) in [7, 11) is 0. The molecule has 7 nitrogen and oxygen atoms in total. The van der Waals surface area contributed by atoms with Gasteiger partial charge in [-0.3, -0.25) is 9.78 Å². The second-order valence-corrected chi connectivity index (χ2v) is 5.10. The lowest BCUT2D eigenvalue weighted by molar-refractivity contribution is 0.575. The molecule has 0 amide bonds. The van der Waals surface area contributed by atoms with E-state index in [1.807, 2.05) is 18.2 Å². The van der Waals surface area contributed by atoms with E-state index in [-0.39, 0.29) is 17.2 Å². The molecule has 3 aromatic rings. The third kappa shape index (κ3) is 3.64. The van der Waals surface area contributed by atoms with Crippen molar-refractivity contribution < 1.29 is 4.42 Å². The van der Waals surface area contributed by atoms with Crippen LogP contribution in [-0.2, 0) is 0 Å². The van der Waals surface area contributed by atoms with Crippen molar-refractivity contribution in [3.05, 3.63) is 63.2 Å².